The van der Waals surface area contributed by atoms with Crippen molar-refractivity contribution in [3.05, 3.63) is 24.0 Å². The van der Waals surface area contributed by atoms with E-state index in [0.29, 0.717) is 31.1 Å². The Bertz CT molecular complexity index is 457. The van der Waals surface area contributed by atoms with Crippen molar-refractivity contribution in [2.75, 3.05) is 38.8 Å². The van der Waals surface area contributed by atoms with Gasteiger partial charge in [0, 0.05) is 26.4 Å². The van der Waals surface area contributed by atoms with Crippen molar-refractivity contribution in [1.29, 1.82) is 5.26 Å². The second-order valence-corrected chi connectivity index (χ2v) is 3.79. The van der Waals surface area contributed by atoms with Gasteiger partial charge in [0.1, 0.15) is 6.07 Å². The number of pyridine rings is 1. The molecule has 19 heavy (non-hydrogen) atoms. The van der Waals surface area contributed by atoms with E-state index >= 15 is 0 Å². The third-order valence-electron chi connectivity index (χ3n) is 2.61. The molecule has 0 unspecified atom stereocenters. The molecule has 0 aliphatic heterocycles. The SMILES string of the molecule is COCCN(CCC(=O)OC)c1cccnc1C#N. The van der Waals surface area contributed by atoms with Gasteiger partial charge in [-0.15, -0.1) is 0 Å². The summed E-state index contributed by atoms with van der Waals surface area (Å²) in [6, 6.07) is 5.61. The molecule has 102 valence electrons. The number of hydrogen-bond acceptors (Lipinski definition) is 6. The van der Waals surface area contributed by atoms with E-state index in [2.05, 4.69) is 9.72 Å². The maximum atomic E-state index is 11.2. The summed E-state index contributed by atoms with van der Waals surface area (Å²) in [6.45, 7) is 1.53. The first-order valence-corrected chi connectivity index (χ1v) is 5.88. The molecule has 0 saturated carbocycles. The van der Waals surface area contributed by atoms with Crippen LogP contribution in [-0.2, 0) is 14.3 Å². The van der Waals surface area contributed by atoms with Crippen molar-refractivity contribution >= 4 is 11.7 Å². The van der Waals surface area contributed by atoms with Crippen LogP contribution in [0.3, 0.4) is 0 Å². The highest BCUT2D eigenvalue weighted by Crippen LogP contribution is 2.17. The molecule has 0 N–H and O–H groups in total. The Kier molecular flexibility index (Phi) is 6.33. The standard InChI is InChI=1S/C13H17N3O3/c1-18-9-8-16(7-5-13(17)19-2)12-4-3-6-15-11(12)10-14/h3-4,6H,5,7-9H2,1-2H3. The van der Waals surface area contributed by atoms with E-state index in [-0.39, 0.29) is 12.4 Å². The molecule has 0 bridgehead atoms. The minimum Gasteiger partial charge on any atom is -0.469 e. The van der Waals surface area contributed by atoms with Crippen molar-refractivity contribution in [2.24, 2.45) is 0 Å². The molecule has 1 rings (SSSR count). The average Bonchev–Trinajstić information content (AvgIpc) is 2.47. The van der Waals surface area contributed by atoms with Crippen LogP contribution in [0.2, 0.25) is 0 Å². The number of carbonyl (C=O) groups is 1. The minimum atomic E-state index is -0.287. The van der Waals surface area contributed by atoms with Gasteiger partial charge in [-0.1, -0.05) is 0 Å². The Morgan fingerprint density at radius 1 is 1.47 bits per heavy atom. The van der Waals surface area contributed by atoms with E-state index < -0.39 is 0 Å². The Morgan fingerprint density at radius 2 is 2.26 bits per heavy atom. The molecule has 0 amide bonds. The van der Waals surface area contributed by atoms with Gasteiger partial charge in [-0.3, -0.25) is 4.79 Å². The highest BCUT2D eigenvalue weighted by molar-refractivity contribution is 5.70. The van der Waals surface area contributed by atoms with E-state index in [1.54, 1.807) is 25.4 Å². The summed E-state index contributed by atoms with van der Waals surface area (Å²) in [5.41, 5.74) is 1.04. The lowest BCUT2D eigenvalue weighted by molar-refractivity contribution is -0.140. The van der Waals surface area contributed by atoms with Crippen LogP contribution < -0.4 is 4.90 Å². The molecular weight excluding hydrogens is 246 g/mol. The number of nitrogens with zero attached hydrogens (tertiary/aromatic N) is 3. The van der Waals surface area contributed by atoms with Gasteiger partial charge < -0.3 is 14.4 Å². The van der Waals surface area contributed by atoms with E-state index in [0.717, 1.165) is 0 Å². The van der Waals surface area contributed by atoms with Gasteiger partial charge in [0.05, 0.1) is 25.8 Å². The first-order chi connectivity index (χ1) is 9.22. The first-order valence-electron chi connectivity index (χ1n) is 5.88. The van der Waals surface area contributed by atoms with Gasteiger partial charge in [-0.25, -0.2) is 4.98 Å². The van der Waals surface area contributed by atoms with Crippen molar-refractivity contribution in [2.45, 2.75) is 6.42 Å². The molecule has 0 saturated heterocycles. The van der Waals surface area contributed by atoms with E-state index in [1.807, 2.05) is 11.0 Å². The number of esters is 1. The zero-order chi connectivity index (χ0) is 14.1. The number of nitriles is 1. The van der Waals surface area contributed by atoms with Crippen LogP contribution in [0.5, 0.6) is 0 Å². The minimum absolute atomic E-state index is 0.250. The summed E-state index contributed by atoms with van der Waals surface area (Å²) in [4.78, 5) is 17.1. The molecule has 0 spiro atoms. The Balaban J connectivity index is 2.83. The summed E-state index contributed by atoms with van der Waals surface area (Å²) in [5, 5.41) is 9.05. The predicted octanol–water partition coefficient (Wildman–Crippen LogP) is 0.969. The average molecular weight is 263 g/mol. The van der Waals surface area contributed by atoms with Crippen LogP contribution in [-0.4, -0.2) is 44.9 Å². The van der Waals surface area contributed by atoms with E-state index in [4.69, 9.17) is 10.00 Å². The van der Waals surface area contributed by atoms with Crippen molar-refractivity contribution < 1.29 is 14.3 Å². The fourth-order valence-electron chi connectivity index (χ4n) is 1.62. The molecule has 6 nitrogen and oxygen atoms in total. The monoisotopic (exact) mass is 263 g/mol. The Labute approximate surface area is 112 Å². The Morgan fingerprint density at radius 3 is 2.89 bits per heavy atom. The highest BCUT2D eigenvalue weighted by Gasteiger charge is 2.13. The van der Waals surface area contributed by atoms with Gasteiger partial charge in [-0.05, 0) is 12.1 Å². The van der Waals surface area contributed by atoms with Gasteiger partial charge in [0.25, 0.3) is 0 Å². The largest absolute Gasteiger partial charge is 0.469 e. The van der Waals surface area contributed by atoms with Crippen LogP contribution >= 0.6 is 0 Å². The third kappa shape index (κ3) is 4.56. The quantitative estimate of drug-likeness (QED) is 0.682. The van der Waals surface area contributed by atoms with Gasteiger partial charge >= 0.3 is 5.97 Å². The lowest BCUT2D eigenvalue weighted by Crippen LogP contribution is -2.30. The normalized spacial score (nSPS) is 9.74. The van der Waals surface area contributed by atoms with Gasteiger partial charge in [-0.2, -0.15) is 5.26 Å². The number of rotatable bonds is 7. The maximum absolute atomic E-state index is 11.2. The fraction of sp³-hybridized carbons (Fsp3) is 0.462. The van der Waals surface area contributed by atoms with Gasteiger partial charge in [0.2, 0.25) is 0 Å². The second-order valence-electron chi connectivity index (χ2n) is 3.79. The van der Waals surface area contributed by atoms with Crippen molar-refractivity contribution in [3.8, 4) is 6.07 Å². The summed E-state index contributed by atoms with van der Waals surface area (Å²) in [7, 11) is 2.96. The third-order valence-corrected chi connectivity index (χ3v) is 2.61. The number of aromatic nitrogens is 1. The number of anilines is 1. The highest BCUT2D eigenvalue weighted by atomic mass is 16.5. The maximum Gasteiger partial charge on any atom is 0.307 e. The number of carbonyl (C=O) groups excluding carboxylic acids is 1. The Hall–Kier alpha value is -2.13. The number of hydrogen-bond donors (Lipinski definition) is 0. The zero-order valence-electron chi connectivity index (χ0n) is 11.1. The second kappa shape index (κ2) is 8.06. The lowest BCUT2D eigenvalue weighted by atomic mass is 10.2. The molecule has 6 heteroatoms. The van der Waals surface area contributed by atoms with Crippen LogP contribution in [0.25, 0.3) is 0 Å². The van der Waals surface area contributed by atoms with Crippen LogP contribution in [0.4, 0.5) is 5.69 Å². The first kappa shape index (κ1) is 14.9. The molecule has 1 aromatic rings. The van der Waals surface area contributed by atoms with Crippen LogP contribution in [0.1, 0.15) is 12.1 Å². The molecule has 1 heterocycles. The fourth-order valence-corrected chi connectivity index (χ4v) is 1.62. The molecule has 1 aromatic heterocycles. The molecule has 0 radical (unpaired) electrons. The summed E-state index contributed by atoms with van der Waals surface area (Å²) >= 11 is 0. The molecular formula is C13H17N3O3. The van der Waals surface area contributed by atoms with Crippen molar-refractivity contribution in [1.82, 2.24) is 4.98 Å². The molecule has 0 atom stereocenters. The summed E-state index contributed by atoms with van der Waals surface area (Å²) < 4.78 is 9.66. The zero-order valence-corrected chi connectivity index (χ0v) is 11.1. The molecule has 0 aliphatic carbocycles. The topological polar surface area (TPSA) is 75.4 Å². The molecule has 0 aliphatic rings. The number of methoxy groups -OCH3 is 2. The smallest absolute Gasteiger partial charge is 0.307 e. The summed E-state index contributed by atoms with van der Waals surface area (Å²) in [6.07, 6.45) is 1.82. The summed E-state index contributed by atoms with van der Waals surface area (Å²) in [5.74, 6) is -0.287. The molecule has 0 aromatic carbocycles. The van der Waals surface area contributed by atoms with Crippen LogP contribution in [0.15, 0.2) is 18.3 Å². The van der Waals surface area contributed by atoms with Gasteiger partial charge in [0.15, 0.2) is 5.69 Å². The lowest BCUT2D eigenvalue weighted by Gasteiger charge is -2.24. The van der Waals surface area contributed by atoms with Crippen LogP contribution in [0, 0.1) is 11.3 Å². The number of ether oxygens (including phenoxy) is 2. The van der Waals surface area contributed by atoms with E-state index in [9.17, 15) is 4.79 Å². The van der Waals surface area contributed by atoms with E-state index in [1.165, 1.54) is 7.11 Å². The molecule has 0 fully saturated rings. The van der Waals surface area contributed by atoms with Crippen molar-refractivity contribution in [3.63, 3.8) is 0 Å². The predicted molar refractivity (Wildman–Crippen MR) is 69.7 cm³/mol.